The molecule has 0 bridgehead atoms. The summed E-state index contributed by atoms with van der Waals surface area (Å²) in [6, 6.07) is 8.08. The number of hydrogen-bond acceptors (Lipinski definition) is 1. The van der Waals surface area contributed by atoms with E-state index in [9.17, 15) is 0 Å². The van der Waals surface area contributed by atoms with E-state index in [1.807, 2.05) is 12.1 Å². The van der Waals surface area contributed by atoms with Crippen molar-refractivity contribution in [1.29, 1.82) is 0 Å². The molecular weight excluding hydrogens is 286 g/mol. The Balaban J connectivity index is 2.44. The van der Waals surface area contributed by atoms with Gasteiger partial charge < -0.3 is 4.90 Å². The van der Waals surface area contributed by atoms with Gasteiger partial charge in [0.2, 0.25) is 0 Å². The van der Waals surface area contributed by atoms with Crippen LogP contribution in [0.15, 0.2) is 24.3 Å². The second-order valence-corrected chi connectivity index (χ2v) is 5.34. The lowest BCUT2D eigenvalue weighted by Crippen LogP contribution is -2.25. The van der Waals surface area contributed by atoms with Crippen LogP contribution in [0.4, 0.5) is 0 Å². The van der Waals surface area contributed by atoms with Crippen molar-refractivity contribution in [2.45, 2.75) is 19.9 Å². The summed E-state index contributed by atoms with van der Waals surface area (Å²) in [6.45, 7) is 4.35. The fourth-order valence-electron chi connectivity index (χ4n) is 1.69. The van der Waals surface area contributed by atoms with Gasteiger partial charge in [-0.25, -0.2) is 0 Å². The Morgan fingerprint density at radius 2 is 1.94 bits per heavy atom. The van der Waals surface area contributed by atoms with E-state index in [0.29, 0.717) is 0 Å². The van der Waals surface area contributed by atoms with Gasteiger partial charge >= 0.3 is 0 Å². The fourth-order valence-corrected chi connectivity index (χ4v) is 2.48. The smallest absolute Gasteiger partial charge is 0.0406 e. The maximum atomic E-state index is 5.86. The summed E-state index contributed by atoms with van der Waals surface area (Å²) in [7, 11) is 2.17. The minimum absolute atomic E-state index is 0.734. The molecule has 1 rings (SSSR count). The van der Waals surface area contributed by atoms with Gasteiger partial charge in [-0.05, 0) is 30.7 Å². The Morgan fingerprint density at radius 1 is 1.31 bits per heavy atom. The van der Waals surface area contributed by atoms with Crippen molar-refractivity contribution in [3.8, 4) is 0 Å². The van der Waals surface area contributed by atoms with Crippen molar-refractivity contribution in [1.82, 2.24) is 4.90 Å². The number of alkyl halides is 1. The van der Waals surface area contributed by atoms with Gasteiger partial charge in [0.25, 0.3) is 0 Å². The minimum atomic E-state index is 0.734. The molecule has 0 aromatic heterocycles. The van der Waals surface area contributed by atoms with Crippen LogP contribution < -0.4 is 0 Å². The van der Waals surface area contributed by atoms with E-state index in [1.54, 1.807) is 0 Å². The van der Waals surface area contributed by atoms with E-state index in [0.717, 1.165) is 29.4 Å². The van der Waals surface area contributed by atoms with Gasteiger partial charge in [-0.1, -0.05) is 53.0 Å². The van der Waals surface area contributed by atoms with Crippen molar-refractivity contribution in [3.63, 3.8) is 0 Å². The minimum Gasteiger partial charge on any atom is -0.302 e. The van der Waals surface area contributed by atoms with Gasteiger partial charge in [-0.2, -0.15) is 0 Å². The summed E-state index contributed by atoms with van der Waals surface area (Å²) >= 11 is 9.41. The molecule has 0 aliphatic carbocycles. The Labute approximate surface area is 112 Å². The zero-order chi connectivity index (χ0) is 12.0. The first kappa shape index (κ1) is 14.0. The van der Waals surface area contributed by atoms with E-state index in [1.165, 1.54) is 12.0 Å². The largest absolute Gasteiger partial charge is 0.302 e. The van der Waals surface area contributed by atoms with Crippen molar-refractivity contribution >= 4 is 27.5 Å². The second-order valence-electron chi connectivity index (χ2n) is 4.25. The lowest BCUT2D eigenvalue weighted by atomic mass is 10.1. The number of rotatable bonds is 6. The number of halogens is 2. The van der Waals surface area contributed by atoms with Crippen molar-refractivity contribution < 1.29 is 0 Å². The molecule has 1 unspecified atom stereocenters. The first-order chi connectivity index (χ1) is 7.65. The molecule has 0 spiro atoms. The standard InChI is InChI=1S/C13H19BrClN/c1-3-11(8-14)9-16(2)10-12-4-6-13(15)7-5-12/h4-7,11H,3,8-10H2,1-2H3. The van der Waals surface area contributed by atoms with Crippen LogP contribution in [0, 0.1) is 5.92 Å². The predicted octanol–water partition coefficient (Wildman–Crippen LogP) is 4.19. The van der Waals surface area contributed by atoms with Crippen LogP contribution in [0.25, 0.3) is 0 Å². The van der Waals surface area contributed by atoms with E-state index in [4.69, 9.17) is 11.6 Å². The Hall–Kier alpha value is -0.0500. The van der Waals surface area contributed by atoms with Gasteiger partial charge in [0, 0.05) is 23.4 Å². The van der Waals surface area contributed by atoms with E-state index in [2.05, 4.69) is 46.9 Å². The summed E-state index contributed by atoms with van der Waals surface area (Å²) in [4.78, 5) is 2.36. The van der Waals surface area contributed by atoms with Crippen LogP contribution in [0.5, 0.6) is 0 Å². The molecule has 0 fully saturated rings. The van der Waals surface area contributed by atoms with Crippen LogP contribution in [0.3, 0.4) is 0 Å². The van der Waals surface area contributed by atoms with Gasteiger partial charge in [0.1, 0.15) is 0 Å². The highest BCUT2D eigenvalue weighted by Gasteiger charge is 2.08. The molecule has 1 aromatic carbocycles. The zero-order valence-corrected chi connectivity index (χ0v) is 12.3. The number of benzene rings is 1. The third-order valence-electron chi connectivity index (χ3n) is 2.73. The van der Waals surface area contributed by atoms with Crippen LogP contribution in [0.1, 0.15) is 18.9 Å². The summed E-state index contributed by atoms with van der Waals surface area (Å²) in [5.74, 6) is 0.734. The SMILES string of the molecule is CCC(CBr)CN(C)Cc1ccc(Cl)cc1. The van der Waals surface area contributed by atoms with Gasteiger partial charge in [0.05, 0.1) is 0 Å². The molecule has 1 nitrogen and oxygen atoms in total. The molecule has 0 saturated heterocycles. The normalized spacial score (nSPS) is 13.1. The molecular formula is C13H19BrClN. The average Bonchev–Trinajstić information content (AvgIpc) is 2.29. The van der Waals surface area contributed by atoms with Crippen molar-refractivity contribution in [2.24, 2.45) is 5.92 Å². The van der Waals surface area contributed by atoms with Gasteiger partial charge in [-0.15, -0.1) is 0 Å². The maximum absolute atomic E-state index is 5.86. The molecule has 3 heteroatoms. The summed E-state index contributed by atoms with van der Waals surface area (Å²) in [5, 5.41) is 1.88. The third kappa shape index (κ3) is 4.86. The summed E-state index contributed by atoms with van der Waals surface area (Å²) in [5.41, 5.74) is 1.32. The molecule has 1 aromatic rings. The molecule has 0 saturated carbocycles. The maximum Gasteiger partial charge on any atom is 0.0406 e. The average molecular weight is 305 g/mol. The number of hydrogen-bond donors (Lipinski definition) is 0. The predicted molar refractivity (Wildman–Crippen MR) is 75.4 cm³/mol. The molecule has 0 heterocycles. The highest BCUT2D eigenvalue weighted by molar-refractivity contribution is 9.09. The van der Waals surface area contributed by atoms with Crippen molar-refractivity contribution in [3.05, 3.63) is 34.9 Å². The Bertz CT molecular complexity index is 295. The first-order valence-corrected chi connectivity index (χ1v) is 7.14. The zero-order valence-electron chi connectivity index (χ0n) is 9.92. The number of nitrogens with zero attached hydrogens (tertiary/aromatic N) is 1. The molecule has 16 heavy (non-hydrogen) atoms. The Morgan fingerprint density at radius 3 is 2.44 bits per heavy atom. The van der Waals surface area contributed by atoms with E-state index < -0.39 is 0 Å². The molecule has 0 radical (unpaired) electrons. The summed E-state index contributed by atoms with van der Waals surface area (Å²) < 4.78 is 0. The fraction of sp³-hybridized carbons (Fsp3) is 0.538. The van der Waals surface area contributed by atoms with E-state index >= 15 is 0 Å². The highest BCUT2D eigenvalue weighted by atomic mass is 79.9. The molecule has 90 valence electrons. The summed E-state index contributed by atoms with van der Waals surface area (Å²) in [6.07, 6.45) is 1.22. The first-order valence-electron chi connectivity index (χ1n) is 5.64. The monoisotopic (exact) mass is 303 g/mol. The van der Waals surface area contributed by atoms with Gasteiger partial charge in [0.15, 0.2) is 0 Å². The van der Waals surface area contributed by atoms with Crippen LogP contribution in [-0.2, 0) is 6.54 Å². The molecule has 0 aliphatic rings. The molecule has 0 amide bonds. The molecule has 1 atom stereocenters. The lowest BCUT2D eigenvalue weighted by Gasteiger charge is -2.21. The van der Waals surface area contributed by atoms with Crippen LogP contribution in [-0.4, -0.2) is 23.8 Å². The quantitative estimate of drug-likeness (QED) is 0.712. The second kappa shape index (κ2) is 7.31. The van der Waals surface area contributed by atoms with E-state index in [-0.39, 0.29) is 0 Å². The third-order valence-corrected chi connectivity index (χ3v) is 3.90. The van der Waals surface area contributed by atoms with Crippen molar-refractivity contribution in [2.75, 3.05) is 18.9 Å². The Kier molecular flexibility index (Phi) is 6.40. The van der Waals surface area contributed by atoms with Crippen LogP contribution in [0.2, 0.25) is 5.02 Å². The topological polar surface area (TPSA) is 3.24 Å². The lowest BCUT2D eigenvalue weighted by molar-refractivity contribution is 0.278. The highest BCUT2D eigenvalue weighted by Crippen LogP contribution is 2.13. The molecule has 0 N–H and O–H groups in total. The van der Waals surface area contributed by atoms with Gasteiger partial charge in [-0.3, -0.25) is 0 Å². The van der Waals surface area contributed by atoms with Crippen LogP contribution >= 0.6 is 27.5 Å². The molecule has 0 aliphatic heterocycles.